The number of anilines is 5. The molecule has 2 aliphatic heterocycles. The molecule has 2 fully saturated rings. The van der Waals surface area contributed by atoms with Crippen LogP contribution in [0.4, 0.5) is 33.2 Å². The fourth-order valence-electron chi connectivity index (χ4n) is 4.11. The first-order chi connectivity index (χ1) is 17.9. The highest BCUT2D eigenvalue weighted by Crippen LogP contribution is 2.29. The van der Waals surface area contributed by atoms with Crippen LogP contribution in [0, 0.1) is 5.82 Å². The van der Waals surface area contributed by atoms with Crippen LogP contribution < -0.4 is 31.5 Å². The van der Waals surface area contributed by atoms with Gasteiger partial charge in [0.1, 0.15) is 11.4 Å². The van der Waals surface area contributed by atoms with Crippen LogP contribution in [0.1, 0.15) is 23.8 Å². The lowest BCUT2D eigenvalue weighted by molar-refractivity contribution is 0.0957. The van der Waals surface area contributed by atoms with Crippen molar-refractivity contribution >= 4 is 34.7 Å². The number of nitrogens with one attached hydrogen (secondary N) is 4. The van der Waals surface area contributed by atoms with Gasteiger partial charge < -0.3 is 25.1 Å². The molecule has 5 N–H and O–H groups in total. The first-order valence-corrected chi connectivity index (χ1v) is 12.0. The molecule has 0 spiro atoms. The van der Waals surface area contributed by atoms with E-state index >= 15 is 0 Å². The summed E-state index contributed by atoms with van der Waals surface area (Å²) in [5, 5.41) is 15.4. The standard InChI is InChI=1S/C24H28FN9O3/c1-15-4-5-34(32-15)18-10-17(11-19(35)12-18)28-16-2-3-21(26-13-16)23(36)30-31-24-27-14-20(25)22(29-24)33-6-8-37-9-7-33/h2-3,10-15,28,32,35H,4-9H2,1H3,(H,30,36)(H,27,29,31). The van der Waals surface area contributed by atoms with Crippen LogP contribution in [0.2, 0.25) is 0 Å². The number of hydrazine groups is 2. The molecule has 13 heteroatoms. The zero-order chi connectivity index (χ0) is 25.8. The zero-order valence-corrected chi connectivity index (χ0v) is 20.2. The summed E-state index contributed by atoms with van der Waals surface area (Å²) in [6, 6.07) is 8.86. The summed E-state index contributed by atoms with van der Waals surface area (Å²) >= 11 is 0. The Balaban J connectivity index is 1.19. The van der Waals surface area contributed by atoms with Crippen molar-refractivity contribution in [3.05, 3.63) is 54.2 Å². The van der Waals surface area contributed by atoms with E-state index < -0.39 is 11.7 Å². The van der Waals surface area contributed by atoms with Crippen LogP contribution in [0.15, 0.2) is 42.7 Å². The minimum absolute atomic E-state index is 0.0519. The number of carbonyl (C=O) groups excluding carboxylic acids is 1. The highest BCUT2D eigenvalue weighted by molar-refractivity contribution is 5.93. The second-order valence-electron chi connectivity index (χ2n) is 8.81. The van der Waals surface area contributed by atoms with Crippen molar-refractivity contribution in [1.29, 1.82) is 0 Å². The van der Waals surface area contributed by atoms with E-state index in [2.05, 4.69) is 43.5 Å². The van der Waals surface area contributed by atoms with Gasteiger partial charge in [-0.3, -0.25) is 15.6 Å². The van der Waals surface area contributed by atoms with E-state index in [1.807, 2.05) is 11.1 Å². The average Bonchev–Trinajstić information content (AvgIpc) is 3.35. The maximum Gasteiger partial charge on any atom is 0.288 e. The molecule has 3 aromatic rings. The molecule has 12 nitrogen and oxygen atoms in total. The number of rotatable bonds is 7. The van der Waals surface area contributed by atoms with Gasteiger partial charge in [0, 0.05) is 43.5 Å². The minimum Gasteiger partial charge on any atom is -0.508 e. The molecule has 4 heterocycles. The molecule has 0 saturated carbocycles. The molecular formula is C24H28FN9O3. The normalized spacial score (nSPS) is 17.5. The summed E-state index contributed by atoms with van der Waals surface area (Å²) in [4.78, 5) is 26.6. The molecule has 2 aliphatic rings. The van der Waals surface area contributed by atoms with Crippen LogP contribution in [-0.4, -0.2) is 64.9 Å². The first kappa shape index (κ1) is 24.5. The third-order valence-electron chi connectivity index (χ3n) is 5.98. The number of pyridine rings is 1. The highest BCUT2D eigenvalue weighted by atomic mass is 19.1. The van der Waals surface area contributed by atoms with E-state index in [0.29, 0.717) is 43.7 Å². The Morgan fingerprint density at radius 1 is 1.14 bits per heavy atom. The molecule has 5 rings (SSSR count). The van der Waals surface area contributed by atoms with Gasteiger partial charge in [0.25, 0.3) is 5.91 Å². The predicted molar refractivity (Wildman–Crippen MR) is 136 cm³/mol. The van der Waals surface area contributed by atoms with Gasteiger partial charge in [-0.1, -0.05) is 0 Å². The number of ether oxygens (including phenoxy) is 1. The molecule has 1 amide bonds. The average molecular weight is 510 g/mol. The van der Waals surface area contributed by atoms with E-state index in [9.17, 15) is 14.3 Å². The molecular weight excluding hydrogens is 481 g/mol. The third kappa shape index (κ3) is 5.95. The monoisotopic (exact) mass is 509 g/mol. The summed E-state index contributed by atoms with van der Waals surface area (Å²) < 4.78 is 19.5. The van der Waals surface area contributed by atoms with E-state index in [-0.39, 0.29) is 23.2 Å². The molecule has 1 aromatic carbocycles. The van der Waals surface area contributed by atoms with Crippen molar-refractivity contribution in [2.24, 2.45) is 0 Å². The summed E-state index contributed by atoms with van der Waals surface area (Å²) in [6.45, 7) is 4.96. The van der Waals surface area contributed by atoms with Gasteiger partial charge in [-0.05, 0) is 31.5 Å². The summed E-state index contributed by atoms with van der Waals surface area (Å²) in [7, 11) is 0. The zero-order valence-electron chi connectivity index (χ0n) is 20.2. The van der Waals surface area contributed by atoms with Crippen molar-refractivity contribution in [2.45, 2.75) is 19.4 Å². The number of phenols is 1. The molecule has 0 radical (unpaired) electrons. The van der Waals surface area contributed by atoms with Gasteiger partial charge >= 0.3 is 0 Å². The molecule has 1 unspecified atom stereocenters. The molecule has 1 atom stereocenters. The number of carbonyl (C=O) groups is 1. The largest absolute Gasteiger partial charge is 0.508 e. The quantitative estimate of drug-likeness (QED) is 0.299. The van der Waals surface area contributed by atoms with Crippen LogP contribution in [-0.2, 0) is 4.74 Å². The fraction of sp³-hybridized carbons (Fsp3) is 0.333. The molecule has 0 aliphatic carbocycles. The molecule has 2 saturated heterocycles. The van der Waals surface area contributed by atoms with Gasteiger partial charge in [0.15, 0.2) is 11.6 Å². The molecule has 194 valence electrons. The van der Waals surface area contributed by atoms with Crippen LogP contribution in [0.3, 0.4) is 0 Å². The Hall–Kier alpha value is -4.23. The number of morpholine rings is 1. The Bertz CT molecular complexity index is 1250. The van der Waals surface area contributed by atoms with Crippen molar-refractivity contribution in [3.63, 3.8) is 0 Å². The Kier molecular flexibility index (Phi) is 7.14. The van der Waals surface area contributed by atoms with Crippen LogP contribution in [0.5, 0.6) is 5.75 Å². The topological polar surface area (TPSA) is 140 Å². The van der Waals surface area contributed by atoms with Crippen molar-refractivity contribution < 1.29 is 19.0 Å². The Labute approximate surface area is 212 Å². The smallest absolute Gasteiger partial charge is 0.288 e. The number of aromatic hydroxyl groups is 1. The number of nitrogens with zero attached hydrogens (tertiary/aromatic N) is 5. The van der Waals surface area contributed by atoms with Gasteiger partial charge in [0.05, 0.1) is 37.0 Å². The maximum absolute atomic E-state index is 14.2. The molecule has 37 heavy (non-hydrogen) atoms. The summed E-state index contributed by atoms with van der Waals surface area (Å²) in [5.41, 5.74) is 10.8. The summed E-state index contributed by atoms with van der Waals surface area (Å²) in [6.07, 6.45) is 3.58. The predicted octanol–water partition coefficient (Wildman–Crippen LogP) is 2.16. The van der Waals surface area contributed by atoms with Crippen LogP contribution in [0.25, 0.3) is 0 Å². The van der Waals surface area contributed by atoms with Crippen molar-refractivity contribution in [2.75, 3.05) is 53.5 Å². The number of phenolic OH excluding ortho intramolecular Hbond substituents is 1. The third-order valence-corrected chi connectivity index (χ3v) is 5.98. The van der Waals surface area contributed by atoms with Gasteiger partial charge in [0.2, 0.25) is 5.95 Å². The second-order valence-corrected chi connectivity index (χ2v) is 8.81. The Morgan fingerprint density at radius 3 is 2.70 bits per heavy atom. The summed E-state index contributed by atoms with van der Waals surface area (Å²) in [5.74, 6) is -0.726. The number of benzene rings is 1. The Morgan fingerprint density at radius 2 is 1.97 bits per heavy atom. The van der Waals surface area contributed by atoms with Gasteiger partial charge in [-0.25, -0.2) is 19.8 Å². The lowest BCUT2D eigenvalue weighted by atomic mass is 10.2. The maximum atomic E-state index is 14.2. The highest BCUT2D eigenvalue weighted by Gasteiger charge is 2.20. The molecule has 2 aromatic heterocycles. The van der Waals surface area contributed by atoms with E-state index in [4.69, 9.17) is 4.74 Å². The second kappa shape index (κ2) is 10.8. The fourth-order valence-corrected chi connectivity index (χ4v) is 4.11. The lowest BCUT2D eigenvalue weighted by Gasteiger charge is -2.28. The number of hydrogen-bond donors (Lipinski definition) is 5. The van der Waals surface area contributed by atoms with Crippen molar-refractivity contribution in [3.8, 4) is 5.75 Å². The van der Waals surface area contributed by atoms with Gasteiger partial charge in [-0.2, -0.15) is 4.98 Å². The van der Waals surface area contributed by atoms with E-state index in [1.165, 1.54) is 6.20 Å². The SMILES string of the molecule is CC1CCN(c2cc(O)cc(Nc3ccc(C(=O)NNc4ncc(F)c(N5CCOCC5)n4)nc3)c2)N1. The number of aromatic nitrogens is 3. The molecule has 0 bridgehead atoms. The van der Waals surface area contributed by atoms with Gasteiger partial charge in [-0.15, -0.1) is 0 Å². The number of halogens is 1. The number of hydrogen-bond acceptors (Lipinski definition) is 11. The van der Waals surface area contributed by atoms with E-state index in [0.717, 1.165) is 24.8 Å². The van der Waals surface area contributed by atoms with Crippen LogP contribution >= 0.6 is 0 Å². The van der Waals surface area contributed by atoms with Crippen molar-refractivity contribution in [1.82, 2.24) is 25.8 Å². The minimum atomic E-state index is -0.548. The number of amides is 1. The lowest BCUT2D eigenvalue weighted by Crippen LogP contribution is -2.38. The first-order valence-electron chi connectivity index (χ1n) is 12.0. The van der Waals surface area contributed by atoms with E-state index in [1.54, 1.807) is 29.2 Å².